The predicted octanol–water partition coefficient (Wildman–Crippen LogP) is 3.34. The van der Waals surface area contributed by atoms with Gasteiger partial charge in [0.05, 0.1) is 11.8 Å². The summed E-state index contributed by atoms with van der Waals surface area (Å²) in [5.74, 6) is -0.0244. The molecule has 1 heterocycles. The Labute approximate surface area is 93.6 Å². The largest absolute Gasteiger partial charge is 0.252 e. The van der Waals surface area contributed by atoms with Crippen LogP contribution in [0.4, 0.5) is 4.39 Å². The Kier molecular flexibility index (Phi) is 2.64. The van der Waals surface area contributed by atoms with E-state index < -0.39 is 0 Å². The highest BCUT2D eigenvalue weighted by atomic mass is 19.1. The molecule has 1 aromatic rings. The number of benzene rings is 1. The van der Waals surface area contributed by atoms with E-state index in [1.54, 1.807) is 12.3 Å². The second-order valence-electron chi connectivity index (χ2n) is 4.03. The van der Waals surface area contributed by atoms with Crippen LogP contribution in [0.3, 0.4) is 0 Å². The van der Waals surface area contributed by atoms with E-state index in [-0.39, 0.29) is 11.7 Å². The minimum atomic E-state index is -0.203. The first-order valence-corrected chi connectivity index (χ1v) is 5.11. The lowest BCUT2D eigenvalue weighted by Gasteiger charge is -2.06. The highest BCUT2D eigenvalue weighted by Crippen LogP contribution is 2.25. The van der Waals surface area contributed by atoms with Crippen LogP contribution in [0, 0.1) is 5.82 Å². The summed E-state index contributed by atoms with van der Waals surface area (Å²) in [7, 11) is 0. The van der Waals surface area contributed by atoms with Gasteiger partial charge in [0.15, 0.2) is 6.20 Å². The molecule has 0 saturated heterocycles. The van der Waals surface area contributed by atoms with Gasteiger partial charge in [-0.3, -0.25) is 0 Å². The van der Waals surface area contributed by atoms with Crippen molar-refractivity contribution < 1.29 is 9.07 Å². The van der Waals surface area contributed by atoms with Crippen molar-refractivity contribution in [1.82, 2.24) is 0 Å². The zero-order valence-electron chi connectivity index (χ0n) is 9.31. The Morgan fingerprint density at radius 1 is 1.38 bits per heavy atom. The maximum atomic E-state index is 13.7. The molecule has 3 nitrogen and oxygen atoms in total. The van der Waals surface area contributed by atoms with Gasteiger partial charge in [0.1, 0.15) is 11.0 Å². The van der Waals surface area contributed by atoms with E-state index in [2.05, 4.69) is 17.1 Å². The number of rotatable bonds is 2. The molecule has 0 amide bonds. The van der Waals surface area contributed by atoms with Crippen molar-refractivity contribution in [2.75, 3.05) is 0 Å². The maximum Gasteiger partial charge on any atom is 0.252 e. The van der Waals surface area contributed by atoms with E-state index in [9.17, 15) is 4.39 Å². The Bertz CT molecular complexity index is 501. The predicted molar refractivity (Wildman–Crippen MR) is 60.7 cm³/mol. The first-order chi connectivity index (χ1) is 7.58. The van der Waals surface area contributed by atoms with Crippen molar-refractivity contribution in [3.8, 4) is 0 Å². The molecule has 0 N–H and O–H groups in total. The molecule has 4 heteroatoms. The lowest BCUT2D eigenvalue weighted by molar-refractivity contribution is -0.454. The van der Waals surface area contributed by atoms with Crippen molar-refractivity contribution in [2.24, 2.45) is 10.3 Å². The van der Waals surface area contributed by atoms with Gasteiger partial charge < -0.3 is 0 Å². The molecule has 0 atom stereocenters. The molecule has 0 radical (unpaired) electrons. The van der Waals surface area contributed by atoms with Crippen LogP contribution in [-0.4, -0.2) is 11.4 Å². The lowest BCUT2D eigenvalue weighted by atomic mass is 10.0. The van der Waals surface area contributed by atoms with Crippen LogP contribution in [0.25, 0.3) is 5.70 Å². The molecule has 1 aliphatic rings. The molecular formula is C12H13FN3+. The third-order valence-corrected chi connectivity index (χ3v) is 2.46. The zero-order chi connectivity index (χ0) is 11.7. The molecular weight excluding hydrogens is 205 g/mol. The van der Waals surface area contributed by atoms with Crippen LogP contribution >= 0.6 is 0 Å². The molecule has 1 aromatic carbocycles. The van der Waals surface area contributed by atoms with E-state index in [1.165, 1.54) is 10.8 Å². The molecule has 0 unspecified atom stereocenters. The van der Waals surface area contributed by atoms with Crippen LogP contribution in [0.15, 0.2) is 34.7 Å². The smallest absolute Gasteiger partial charge is 0.207 e. The van der Waals surface area contributed by atoms with Crippen molar-refractivity contribution >= 4 is 12.4 Å². The van der Waals surface area contributed by atoms with Crippen LogP contribution in [0.1, 0.15) is 30.9 Å². The minimum absolute atomic E-state index is 0.178. The molecule has 0 aromatic heterocycles. The van der Waals surface area contributed by atoms with Gasteiger partial charge in [0.2, 0.25) is 0 Å². The fraction of sp³-hybridized carbons (Fsp3) is 0.250. The number of hydrogen-bond acceptors (Lipinski definition) is 2. The van der Waals surface area contributed by atoms with Crippen LogP contribution < -0.4 is 0 Å². The van der Waals surface area contributed by atoms with Gasteiger partial charge in [-0.25, -0.2) is 4.39 Å². The summed E-state index contributed by atoms with van der Waals surface area (Å²) in [5, 5.41) is 7.60. The standard InChI is InChI=1S/C12H13FN3/c1-8(2)10-5-4-9(6-11(10)13)12-7-16(3)15-14-12/h4-8H,3H2,1-2H3/q+1. The minimum Gasteiger partial charge on any atom is -0.207 e. The average molecular weight is 218 g/mol. The maximum absolute atomic E-state index is 13.7. The molecule has 0 saturated carbocycles. The molecule has 2 rings (SSSR count). The summed E-state index contributed by atoms with van der Waals surface area (Å²) < 4.78 is 15.1. The fourth-order valence-corrected chi connectivity index (χ4v) is 1.59. The second-order valence-corrected chi connectivity index (χ2v) is 4.03. The zero-order valence-corrected chi connectivity index (χ0v) is 9.31. The van der Waals surface area contributed by atoms with Crippen molar-refractivity contribution in [3.05, 3.63) is 41.3 Å². The monoisotopic (exact) mass is 218 g/mol. The third-order valence-electron chi connectivity index (χ3n) is 2.46. The first-order valence-electron chi connectivity index (χ1n) is 5.11. The normalized spacial score (nSPS) is 14.8. The van der Waals surface area contributed by atoms with E-state index in [0.29, 0.717) is 11.3 Å². The fourth-order valence-electron chi connectivity index (χ4n) is 1.59. The Morgan fingerprint density at radius 2 is 2.12 bits per heavy atom. The van der Waals surface area contributed by atoms with Gasteiger partial charge in [0, 0.05) is 5.56 Å². The van der Waals surface area contributed by atoms with Gasteiger partial charge in [0.25, 0.3) is 5.70 Å². The molecule has 0 bridgehead atoms. The number of hydrogen-bond donors (Lipinski definition) is 0. The molecule has 82 valence electrons. The summed E-state index contributed by atoms with van der Waals surface area (Å²) >= 11 is 0. The van der Waals surface area contributed by atoms with Crippen LogP contribution in [-0.2, 0) is 0 Å². The van der Waals surface area contributed by atoms with Gasteiger partial charge in [-0.1, -0.05) is 19.9 Å². The van der Waals surface area contributed by atoms with Crippen molar-refractivity contribution in [1.29, 1.82) is 0 Å². The number of halogens is 1. The highest BCUT2D eigenvalue weighted by Gasteiger charge is 2.18. The summed E-state index contributed by atoms with van der Waals surface area (Å²) in [6.07, 6.45) is 1.66. The first kappa shape index (κ1) is 10.7. The van der Waals surface area contributed by atoms with Gasteiger partial charge in [-0.15, -0.1) is 4.68 Å². The summed E-state index contributed by atoms with van der Waals surface area (Å²) in [5.41, 5.74) is 2.06. The number of nitrogens with zero attached hydrogens (tertiary/aromatic N) is 3. The van der Waals surface area contributed by atoms with E-state index in [1.807, 2.05) is 19.9 Å². The third kappa shape index (κ3) is 1.91. The molecule has 0 aliphatic carbocycles. The van der Waals surface area contributed by atoms with Gasteiger partial charge >= 0.3 is 0 Å². The van der Waals surface area contributed by atoms with Crippen molar-refractivity contribution in [3.63, 3.8) is 0 Å². The molecule has 1 aliphatic heterocycles. The van der Waals surface area contributed by atoms with Crippen LogP contribution in [0.5, 0.6) is 0 Å². The molecule has 0 spiro atoms. The van der Waals surface area contributed by atoms with Crippen molar-refractivity contribution in [2.45, 2.75) is 19.8 Å². The second kappa shape index (κ2) is 3.96. The summed E-state index contributed by atoms with van der Waals surface area (Å²) in [4.78, 5) is 0. The molecule has 16 heavy (non-hydrogen) atoms. The lowest BCUT2D eigenvalue weighted by Crippen LogP contribution is -1.94. The average Bonchev–Trinajstić information content (AvgIpc) is 2.64. The Morgan fingerprint density at radius 3 is 2.62 bits per heavy atom. The van der Waals surface area contributed by atoms with E-state index in [4.69, 9.17) is 0 Å². The van der Waals surface area contributed by atoms with Gasteiger partial charge in [-0.05, 0) is 23.6 Å². The summed E-state index contributed by atoms with van der Waals surface area (Å²) in [6.45, 7) is 7.51. The quantitative estimate of drug-likeness (QED) is 0.681. The Hall–Kier alpha value is -1.84. The van der Waals surface area contributed by atoms with E-state index in [0.717, 1.165) is 5.56 Å². The van der Waals surface area contributed by atoms with Gasteiger partial charge in [-0.2, -0.15) is 0 Å². The Balaban J connectivity index is 2.39. The SMILES string of the molecule is C=[N+]1C=C(c2ccc(C(C)C)c(F)c2)N=N1. The van der Waals surface area contributed by atoms with Crippen LogP contribution in [0.2, 0.25) is 0 Å². The topological polar surface area (TPSA) is 27.7 Å². The summed E-state index contributed by atoms with van der Waals surface area (Å²) in [6, 6.07) is 5.12. The highest BCUT2D eigenvalue weighted by molar-refractivity contribution is 5.64. The molecule has 0 fully saturated rings. The van der Waals surface area contributed by atoms with E-state index >= 15 is 0 Å².